The van der Waals surface area contributed by atoms with Crippen LogP contribution in [-0.4, -0.2) is 46.5 Å². The molecular formula is C28H43N3O4. The van der Waals surface area contributed by atoms with Crippen molar-refractivity contribution in [3.63, 3.8) is 0 Å². The van der Waals surface area contributed by atoms with Gasteiger partial charge in [0.2, 0.25) is 11.8 Å². The first-order valence-corrected chi connectivity index (χ1v) is 13.2. The molecule has 1 aromatic carbocycles. The zero-order chi connectivity index (χ0) is 25.8. The number of hydrogen-bond acceptors (Lipinski definition) is 4. The van der Waals surface area contributed by atoms with E-state index in [1.807, 2.05) is 45.0 Å². The van der Waals surface area contributed by atoms with Crippen LogP contribution in [-0.2, 0) is 14.3 Å². The molecule has 3 amide bonds. The molecule has 0 aromatic heterocycles. The third kappa shape index (κ3) is 7.45. The number of carbonyl (C=O) groups excluding carboxylic acids is 3. The van der Waals surface area contributed by atoms with E-state index in [1.165, 1.54) is 6.42 Å². The van der Waals surface area contributed by atoms with Crippen molar-refractivity contribution in [3.05, 3.63) is 35.4 Å². The highest BCUT2D eigenvalue weighted by molar-refractivity contribution is 5.93. The van der Waals surface area contributed by atoms with E-state index in [2.05, 4.69) is 10.6 Å². The minimum absolute atomic E-state index is 0.0223. The summed E-state index contributed by atoms with van der Waals surface area (Å²) in [7, 11) is 0. The number of rotatable bonds is 8. The van der Waals surface area contributed by atoms with E-state index >= 15 is 0 Å². The molecule has 0 heterocycles. The third-order valence-corrected chi connectivity index (χ3v) is 6.76. The highest BCUT2D eigenvalue weighted by atomic mass is 16.6. The van der Waals surface area contributed by atoms with E-state index in [1.54, 1.807) is 25.7 Å². The van der Waals surface area contributed by atoms with Gasteiger partial charge in [-0.15, -0.1) is 0 Å². The smallest absolute Gasteiger partial charge is 0.408 e. The monoisotopic (exact) mass is 485 g/mol. The summed E-state index contributed by atoms with van der Waals surface area (Å²) in [5, 5.41) is 6.05. The van der Waals surface area contributed by atoms with Crippen LogP contribution in [0.15, 0.2) is 24.3 Å². The van der Waals surface area contributed by atoms with Gasteiger partial charge in [-0.25, -0.2) is 4.79 Å². The summed E-state index contributed by atoms with van der Waals surface area (Å²) in [4.78, 5) is 42.2. The minimum Gasteiger partial charge on any atom is -0.444 e. The fourth-order valence-corrected chi connectivity index (χ4v) is 4.82. The van der Waals surface area contributed by atoms with Crippen LogP contribution in [0.25, 0.3) is 0 Å². The van der Waals surface area contributed by atoms with E-state index in [9.17, 15) is 14.4 Å². The van der Waals surface area contributed by atoms with Crippen molar-refractivity contribution in [1.29, 1.82) is 0 Å². The van der Waals surface area contributed by atoms with Crippen molar-refractivity contribution in [1.82, 2.24) is 15.5 Å². The molecular weight excluding hydrogens is 442 g/mol. The number of nitrogens with one attached hydrogen (secondary N) is 2. The molecule has 0 radical (unpaired) electrons. The van der Waals surface area contributed by atoms with Crippen LogP contribution in [0.2, 0.25) is 0 Å². The predicted molar refractivity (Wildman–Crippen MR) is 137 cm³/mol. The Hall–Kier alpha value is -2.57. The highest BCUT2D eigenvalue weighted by Crippen LogP contribution is 2.37. The van der Waals surface area contributed by atoms with Crippen molar-refractivity contribution in [2.75, 3.05) is 0 Å². The summed E-state index contributed by atoms with van der Waals surface area (Å²) in [6, 6.07) is 6.36. The number of nitrogens with zero attached hydrogens (tertiary/aromatic N) is 1. The van der Waals surface area contributed by atoms with Crippen LogP contribution in [0.4, 0.5) is 4.79 Å². The van der Waals surface area contributed by atoms with E-state index in [0.29, 0.717) is 0 Å². The maximum absolute atomic E-state index is 14.1. The van der Waals surface area contributed by atoms with Crippen molar-refractivity contribution in [2.45, 2.75) is 116 Å². The van der Waals surface area contributed by atoms with Gasteiger partial charge in [0.15, 0.2) is 0 Å². The number of benzene rings is 1. The van der Waals surface area contributed by atoms with Gasteiger partial charge in [-0.2, -0.15) is 0 Å². The summed E-state index contributed by atoms with van der Waals surface area (Å²) >= 11 is 0. The lowest BCUT2D eigenvalue weighted by atomic mass is 9.93. The molecule has 194 valence electrons. The average Bonchev–Trinajstić information content (AvgIpc) is 3.60. The largest absolute Gasteiger partial charge is 0.444 e. The van der Waals surface area contributed by atoms with Gasteiger partial charge < -0.3 is 20.3 Å². The van der Waals surface area contributed by atoms with Gasteiger partial charge in [0.05, 0.1) is 0 Å². The number of hydrogen-bond donors (Lipinski definition) is 2. The molecule has 7 heteroatoms. The van der Waals surface area contributed by atoms with Crippen LogP contribution in [0, 0.1) is 12.8 Å². The summed E-state index contributed by atoms with van der Waals surface area (Å²) < 4.78 is 5.44. The highest BCUT2D eigenvalue weighted by Gasteiger charge is 2.45. The van der Waals surface area contributed by atoms with Crippen LogP contribution in [0.5, 0.6) is 0 Å². The van der Waals surface area contributed by atoms with Gasteiger partial charge in [0, 0.05) is 12.1 Å². The summed E-state index contributed by atoms with van der Waals surface area (Å²) in [6.07, 6.45) is 6.44. The lowest BCUT2D eigenvalue weighted by molar-refractivity contribution is -0.144. The average molecular weight is 486 g/mol. The molecule has 2 N–H and O–H groups in total. The first-order valence-electron chi connectivity index (χ1n) is 13.2. The zero-order valence-corrected chi connectivity index (χ0v) is 22.2. The topological polar surface area (TPSA) is 87.7 Å². The van der Waals surface area contributed by atoms with Crippen LogP contribution in [0.3, 0.4) is 0 Å². The standard InChI is InChI=1S/C28H43N3O4/c1-18(2)23(30-27(34)35-28(4,5)6)26(33)31(21-16-17-21)24(22-15-11-10-12-19(22)3)25(32)29-20-13-8-7-9-14-20/h10-12,15,18,20-21,23-24H,7-9,13-14,16-17H2,1-6H3,(H,29,32)(H,30,34). The Balaban J connectivity index is 1.93. The van der Waals surface area contributed by atoms with Crippen LogP contribution in [0.1, 0.15) is 96.7 Å². The molecule has 2 unspecified atom stereocenters. The van der Waals surface area contributed by atoms with Crippen molar-refractivity contribution >= 4 is 17.9 Å². The fourth-order valence-electron chi connectivity index (χ4n) is 4.82. The van der Waals surface area contributed by atoms with Crippen LogP contribution >= 0.6 is 0 Å². The SMILES string of the molecule is Cc1ccccc1C(C(=O)NC1CCCCC1)N(C(=O)C(NC(=O)OC(C)(C)C)C(C)C)C1CC1. The normalized spacial score (nSPS) is 18.5. The lowest BCUT2D eigenvalue weighted by Gasteiger charge is -2.37. The molecule has 2 saturated carbocycles. The van der Waals surface area contributed by atoms with E-state index in [-0.39, 0.29) is 29.8 Å². The number of ether oxygens (including phenoxy) is 1. The molecule has 1 aromatic rings. The Morgan fingerprint density at radius 2 is 1.63 bits per heavy atom. The summed E-state index contributed by atoms with van der Waals surface area (Å²) in [5.41, 5.74) is 1.13. The number of amides is 3. The van der Waals surface area contributed by atoms with Crippen molar-refractivity contribution in [3.8, 4) is 0 Å². The van der Waals surface area contributed by atoms with Gasteiger partial charge in [-0.3, -0.25) is 9.59 Å². The molecule has 35 heavy (non-hydrogen) atoms. The second kappa shape index (κ2) is 11.4. The second-order valence-electron chi connectivity index (χ2n) is 11.4. The van der Waals surface area contributed by atoms with Crippen LogP contribution < -0.4 is 10.6 Å². The molecule has 2 aliphatic carbocycles. The van der Waals surface area contributed by atoms with Gasteiger partial charge in [-0.1, -0.05) is 57.4 Å². The first-order chi connectivity index (χ1) is 16.5. The second-order valence-corrected chi connectivity index (χ2v) is 11.4. The zero-order valence-electron chi connectivity index (χ0n) is 22.2. The predicted octanol–water partition coefficient (Wildman–Crippen LogP) is 5.03. The molecule has 7 nitrogen and oxygen atoms in total. The Kier molecular flexibility index (Phi) is 8.84. The van der Waals surface area contributed by atoms with E-state index in [0.717, 1.165) is 49.7 Å². The fraction of sp³-hybridized carbons (Fsp3) is 0.679. The maximum Gasteiger partial charge on any atom is 0.408 e. The number of carbonyl (C=O) groups is 3. The lowest BCUT2D eigenvalue weighted by Crippen LogP contribution is -2.56. The maximum atomic E-state index is 14.1. The van der Waals surface area contributed by atoms with Crippen molar-refractivity contribution in [2.24, 2.45) is 5.92 Å². The summed E-state index contributed by atoms with van der Waals surface area (Å²) in [5.74, 6) is -0.540. The molecule has 2 aliphatic rings. The van der Waals surface area contributed by atoms with E-state index in [4.69, 9.17) is 4.74 Å². The Labute approximate surface area is 210 Å². The molecule has 0 spiro atoms. The first kappa shape index (κ1) is 27.0. The molecule has 3 rings (SSSR count). The van der Waals surface area contributed by atoms with E-state index < -0.39 is 23.8 Å². The molecule has 0 saturated heterocycles. The molecule has 0 bridgehead atoms. The number of aryl methyl sites for hydroxylation is 1. The van der Waals surface area contributed by atoms with Crippen molar-refractivity contribution < 1.29 is 19.1 Å². The van der Waals surface area contributed by atoms with Gasteiger partial charge >= 0.3 is 6.09 Å². The van der Waals surface area contributed by atoms with Gasteiger partial charge in [-0.05, 0) is 70.4 Å². The molecule has 0 aliphatic heterocycles. The Bertz CT molecular complexity index is 898. The Morgan fingerprint density at radius 1 is 1.00 bits per heavy atom. The van der Waals surface area contributed by atoms with Gasteiger partial charge in [0.25, 0.3) is 0 Å². The number of alkyl carbamates (subject to hydrolysis) is 1. The quantitative estimate of drug-likeness (QED) is 0.541. The molecule has 2 fully saturated rings. The molecule has 2 atom stereocenters. The minimum atomic E-state index is -0.792. The third-order valence-electron chi connectivity index (χ3n) is 6.76. The van der Waals surface area contributed by atoms with Gasteiger partial charge in [0.1, 0.15) is 17.7 Å². The summed E-state index contributed by atoms with van der Waals surface area (Å²) in [6.45, 7) is 11.1. The Morgan fingerprint density at radius 3 is 2.17 bits per heavy atom.